The molecule has 4 saturated heterocycles. The Bertz CT molecular complexity index is 2030. The second kappa shape index (κ2) is 11.1. The summed E-state index contributed by atoms with van der Waals surface area (Å²) in [5.74, 6) is -1.25. The van der Waals surface area contributed by atoms with E-state index < -0.39 is 23.3 Å². The highest BCUT2D eigenvalue weighted by Crippen LogP contribution is 2.47. The molecule has 4 aliphatic rings. The van der Waals surface area contributed by atoms with Gasteiger partial charge < -0.3 is 14.5 Å². The third kappa shape index (κ3) is 4.58. The Hall–Kier alpha value is -4.33. The van der Waals surface area contributed by atoms with E-state index in [-0.39, 0.29) is 46.6 Å². The Morgan fingerprint density at radius 3 is 2.81 bits per heavy atom. The zero-order chi connectivity index (χ0) is 32.6. The monoisotopic (exact) mass is 657 g/mol. The van der Waals surface area contributed by atoms with E-state index in [9.17, 15) is 18.8 Å². The number of rotatable bonds is 6. The summed E-state index contributed by atoms with van der Waals surface area (Å²) in [7, 11) is 0. The summed E-state index contributed by atoms with van der Waals surface area (Å²) in [6.45, 7) is 5.94. The Labute approximate surface area is 274 Å². The molecule has 4 aliphatic heterocycles. The number of alkyl halides is 1. The van der Waals surface area contributed by atoms with Crippen LogP contribution in [0.2, 0.25) is 5.02 Å². The van der Waals surface area contributed by atoms with Crippen molar-refractivity contribution in [2.75, 3.05) is 37.7 Å². The maximum Gasteiger partial charge on any atom is 0.246 e. The van der Waals surface area contributed by atoms with Crippen LogP contribution in [-0.2, 0) is 4.79 Å². The number of halogens is 4. The predicted octanol–water partition coefficient (Wildman–Crippen LogP) is 6.79. The highest BCUT2D eigenvalue weighted by atomic mass is 35.5. The van der Waals surface area contributed by atoms with Crippen molar-refractivity contribution in [3.63, 3.8) is 0 Å². The van der Waals surface area contributed by atoms with Crippen LogP contribution >= 0.6 is 11.6 Å². The number of fused-ring (bicyclic) bond motifs is 4. The van der Waals surface area contributed by atoms with Crippen LogP contribution in [0.3, 0.4) is 0 Å². The number of pyridine rings is 1. The van der Waals surface area contributed by atoms with E-state index in [1.165, 1.54) is 18.2 Å². The maximum absolute atomic E-state index is 16.3. The number of nitriles is 1. The van der Waals surface area contributed by atoms with Gasteiger partial charge in [-0.1, -0.05) is 42.4 Å². The van der Waals surface area contributed by atoms with E-state index in [1.807, 2.05) is 4.90 Å². The molecule has 11 heteroatoms. The van der Waals surface area contributed by atoms with Crippen molar-refractivity contribution in [3.05, 3.63) is 77.3 Å². The minimum absolute atomic E-state index is 0.0672. The summed E-state index contributed by atoms with van der Waals surface area (Å²) in [5, 5.41) is 11.9. The van der Waals surface area contributed by atoms with Gasteiger partial charge in [-0.3, -0.25) is 9.69 Å². The van der Waals surface area contributed by atoms with Crippen molar-refractivity contribution in [1.82, 2.24) is 14.8 Å². The molecule has 0 saturated carbocycles. The molecule has 47 heavy (non-hydrogen) atoms. The van der Waals surface area contributed by atoms with Crippen molar-refractivity contribution >= 4 is 44.9 Å². The van der Waals surface area contributed by atoms with Crippen molar-refractivity contribution in [2.24, 2.45) is 0 Å². The Kier molecular flexibility index (Phi) is 7.12. The normalized spacial score (nSPS) is 25.1. The second-order valence-electron chi connectivity index (χ2n) is 13.0. The number of hydrogen-bond donors (Lipinski definition) is 0. The first-order chi connectivity index (χ1) is 22.7. The van der Waals surface area contributed by atoms with Crippen LogP contribution in [0.15, 0.2) is 55.1 Å². The number of amides is 1. The average Bonchev–Trinajstić information content (AvgIpc) is 3.70. The smallest absolute Gasteiger partial charge is 0.246 e. The van der Waals surface area contributed by atoms with Gasteiger partial charge in [0.25, 0.3) is 0 Å². The number of hydrogen-bond acceptors (Lipinski definition) is 6. The maximum atomic E-state index is 16.3. The molecule has 1 amide bonds. The van der Waals surface area contributed by atoms with Gasteiger partial charge in [0.05, 0.1) is 33.8 Å². The molecule has 1 aromatic heterocycles. The van der Waals surface area contributed by atoms with E-state index in [2.05, 4.69) is 17.5 Å². The van der Waals surface area contributed by atoms with Gasteiger partial charge in [0.1, 0.15) is 36.0 Å². The number of anilines is 1. The molecule has 8 rings (SSSR count). The van der Waals surface area contributed by atoms with Gasteiger partial charge in [0.2, 0.25) is 11.8 Å². The van der Waals surface area contributed by atoms with Crippen LogP contribution in [0.5, 0.6) is 5.88 Å². The Morgan fingerprint density at radius 1 is 1.15 bits per heavy atom. The molecule has 3 aromatic carbocycles. The summed E-state index contributed by atoms with van der Waals surface area (Å²) >= 11 is 6.42. The molecular formula is C36H31ClF3N5O2. The van der Waals surface area contributed by atoms with Crippen molar-refractivity contribution in [2.45, 2.75) is 49.5 Å². The van der Waals surface area contributed by atoms with Crippen molar-refractivity contribution in [1.29, 1.82) is 5.26 Å². The van der Waals surface area contributed by atoms with Gasteiger partial charge in [0.15, 0.2) is 0 Å². The lowest BCUT2D eigenvalue weighted by atomic mass is 9.92. The van der Waals surface area contributed by atoms with Gasteiger partial charge >= 0.3 is 0 Å². The van der Waals surface area contributed by atoms with Gasteiger partial charge in [-0.25, -0.2) is 18.2 Å². The molecule has 7 nitrogen and oxygen atoms in total. The molecule has 0 unspecified atom stereocenters. The minimum atomic E-state index is -0.945. The van der Waals surface area contributed by atoms with Crippen molar-refractivity contribution < 1.29 is 22.7 Å². The van der Waals surface area contributed by atoms with Crippen LogP contribution in [0.1, 0.15) is 31.2 Å². The van der Waals surface area contributed by atoms with E-state index in [0.717, 1.165) is 19.4 Å². The number of carbonyl (C=O) groups excluding carboxylic acids is 1. The van der Waals surface area contributed by atoms with Crippen molar-refractivity contribution in [3.8, 4) is 23.1 Å². The summed E-state index contributed by atoms with van der Waals surface area (Å²) in [4.78, 5) is 23.3. The summed E-state index contributed by atoms with van der Waals surface area (Å²) in [5.41, 5.74) is 1.14. The van der Waals surface area contributed by atoms with Gasteiger partial charge in [-0.15, -0.1) is 0 Å². The number of benzene rings is 3. The average molecular weight is 658 g/mol. The standard InChI is InChI=1S/C36H31ClF3N5O2/c1-2-31(46)44-12-9-29-30(44)18-45(29)34-24-13-27(40)23(22-6-3-5-20-7-8-26(39)33(37)32(20)22)14-28(24)42-35(25(34)16-41)47-19-36-10-4-11-43(36)17-21(38)15-36/h2-3,5-8,13-14,21,29-30H,1,4,9-12,15,17-19H2/t21-,29-,30-,36+/m1/s1. The lowest BCUT2D eigenvalue weighted by molar-refractivity contribution is -0.127. The quantitative estimate of drug-likeness (QED) is 0.213. The summed E-state index contributed by atoms with van der Waals surface area (Å²) < 4.78 is 51.8. The molecular weight excluding hydrogens is 627 g/mol. The number of nitrogens with zero attached hydrogens (tertiary/aromatic N) is 5. The largest absolute Gasteiger partial charge is 0.475 e. The van der Waals surface area contributed by atoms with E-state index >= 15 is 4.39 Å². The van der Waals surface area contributed by atoms with Gasteiger partial charge in [-0.05, 0) is 61.0 Å². The van der Waals surface area contributed by atoms with Gasteiger partial charge in [0, 0.05) is 42.4 Å². The molecule has 4 fully saturated rings. The molecule has 4 aromatic rings. The SMILES string of the molecule is C=CC(=O)N1CC[C@@H]2[C@H]1CN2c1c(C#N)c(OC[C@@]23CCCN2C[C@H](F)C3)nc2cc(-c3cccc4ccc(F)c(Cl)c34)c(F)cc12. The zero-order valence-corrected chi connectivity index (χ0v) is 26.2. The fourth-order valence-corrected chi connectivity index (χ4v) is 8.68. The summed E-state index contributed by atoms with van der Waals surface area (Å²) in [6.07, 6.45) is 3.10. The lowest BCUT2D eigenvalue weighted by Crippen LogP contribution is -2.63. The Morgan fingerprint density at radius 2 is 2.00 bits per heavy atom. The third-order valence-electron chi connectivity index (χ3n) is 10.6. The number of likely N-dealkylation sites (tertiary alicyclic amines) is 1. The molecule has 0 spiro atoms. The van der Waals surface area contributed by atoms with Crippen LogP contribution in [0, 0.1) is 23.0 Å². The first-order valence-corrected chi connectivity index (χ1v) is 16.3. The van der Waals surface area contributed by atoms with Crippen LogP contribution in [0.4, 0.5) is 18.9 Å². The Balaban J connectivity index is 1.28. The molecule has 0 radical (unpaired) electrons. The zero-order valence-electron chi connectivity index (χ0n) is 25.5. The minimum Gasteiger partial charge on any atom is -0.475 e. The molecule has 240 valence electrons. The van der Waals surface area contributed by atoms with Gasteiger partial charge in [-0.2, -0.15) is 5.26 Å². The van der Waals surface area contributed by atoms with E-state index in [1.54, 1.807) is 35.2 Å². The summed E-state index contributed by atoms with van der Waals surface area (Å²) in [6, 6.07) is 13.2. The second-order valence-corrected chi connectivity index (χ2v) is 13.4. The van der Waals surface area contributed by atoms with Crippen LogP contribution in [0.25, 0.3) is 32.8 Å². The van der Waals surface area contributed by atoms with Crippen LogP contribution < -0.4 is 9.64 Å². The molecule has 0 bridgehead atoms. The molecule has 0 aliphatic carbocycles. The lowest BCUT2D eigenvalue weighted by Gasteiger charge is -2.48. The number of ether oxygens (including phenoxy) is 1. The first-order valence-electron chi connectivity index (χ1n) is 15.9. The van der Waals surface area contributed by atoms with E-state index in [0.29, 0.717) is 65.4 Å². The molecule has 5 heterocycles. The highest BCUT2D eigenvalue weighted by molar-refractivity contribution is 6.37. The topological polar surface area (TPSA) is 72.7 Å². The van der Waals surface area contributed by atoms with Crippen LogP contribution in [-0.4, -0.2) is 77.3 Å². The highest BCUT2D eigenvalue weighted by Gasteiger charge is 2.51. The molecule has 0 N–H and O–H groups in total. The predicted molar refractivity (Wildman–Crippen MR) is 174 cm³/mol. The first kappa shape index (κ1) is 30.0. The third-order valence-corrected chi connectivity index (χ3v) is 11.0. The molecule has 4 atom stereocenters. The fourth-order valence-electron chi connectivity index (χ4n) is 8.41. The fraction of sp³-hybridized carbons (Fsp3) is 0.361. The van der Waals surface area contributed by atoms with E-state index in [4.69, 9.17) is 21.3 Å². The number of carbonyl (C=O) groups is 1. The number of aromatic nitrogens is 1.